The van der Waals surface area contributed by atoms with Crippen LogP contribution in [-0.4, -0.2) is 77.1 Å². The summed E-state index contributed by atoms with van der Waals surface area (Å²) in [6.07, 6.45) is 5.83. The number of nitrogens with zero attached hydrogens (tertiary/aromatic N) is 4. The predicted octanol–water partition coefficient (Wildman–Crippen LogP) is -0.692. The van der Waals surface area contributed by atoms with E-state index in [1.54, 1.807) is 0 Å². The first-order valence-electron chi connectivity index (χ1n) is 7.65. The van der Waals surface area contributed by atoms with Crippen LogP contribution in [0.1, 0.15) is 13.3 Å². The lowest BCUT2D eigenvalue weighted by Gasteiger charge is -2.27. The Hall–Kier alpha value is -0.950. The summed E-state index contributed by atoms with van der Waals surface area (Å²) in [5, 5.41) is 20.1. The second-order valence-corrected chi connectivity index (χ2v) is 6.05. The van der Waals surface area contributed by atoms with E-state index >= 15 is 0 Å². The Balaban J connectivity index is 2.48. The molecule has 0 aliphatic carbocycles. The number of aromatic nitrogens is 2. The summed E-state index contributed by atoms with van der Waals surface area (Å²) in [4.78, 5) is 4.26. The van der Waals surface area contributed by atoms with E-state index in [0.717, 1.165) is 19.5 Å². The van der Waals surface area contributed by atoms with Gasteiger partial charge in [-0.05, 0) is 20.5 Å². The third kappa shape index (κ3) is 7.57. The van der Waals surface area contributed by atoms with Crippen LogP contribution >= 0.6 is 0 Å². The molecule has 2 N–H and O–H groups in total. The van der Waals surface area contributed by atoms with Crippen molar-refractivity contribution in [1.29, 1.82) is 0 Å². The maximum Gasteiger partial charge on any atom is 0.243 e. The normalized spacial score (nSPS) is 14.9. The van der Waals surface area contributed by atoms with Gasteiger partial charge >= 0.3 is 0 Å². The molecular weight excluding hydrogens is 268 g/mol. The number of hydrogen-bond donors (Lipinski definition) is 2. The van der Waals surface area contributed by atoms with Crippen LogP contribution in [0.15, 0.2) is 18.7 Å². The first-order valence-corrected chi connectivity index (χ1v) is 7.65. The summed E-state index contributed by atoms with van der Waals surface area (Å²) in [6, 6.07) is 0. The third-order valence-corrected chi connectivity index (χ3v) is 3.52. The highest BCUT2D eigenvalue weighted by molar-refractivity contribution is 4.73. The van der Waals surface area contributed by atoms with Crippen molar-refractivity contribution < 1.29 is 14.8 Å². The number of aliphatic hydroxyl groups excluding tert-OH is 2. The molecule has 0 amide bonds. The largest absolute Gasteiger partial charge is 0.392 e. The topological polar surface area (TPSA) is 55.8 Å². The van der Waals surface area contributed by atoms with Gasteiger partial charge in [-0.25, -0.2) is 9.13 Å². The number of aryl methyl sites for hydroxylation is 1. The molecule has 6 nitrogen and oxygen atoms in total. The van der Waals surface area contributed by atoms with Gasteiger partial charge in [-0.3, -0.25) is 4.90 Å². The summed E-state index contributed by atoms with van der Waals surface area (Å²) in [5.74, 6) is 0. The van der Waals surface area contributed by atoms with Crippen molar-refractivity contribution in [2.45, 2.75) is 32.1 Å². The molecule has 0 saturated heterocycles. The second-order valence-electron chi connectivity index (χ2n) is 6.05. The summed E-state index contributed by atoms with van der Waals surface area (Å²) >= 11 is 0. The average molecular weight is 299 g/mol. The standard InChI is InChI=1S/C15H31N4O2/c1-5-14(20)10-18(8-6-16(2)3)11-15(21)12-19-9-7-17(4)13-19/h7,9,13-15,20-21H,5-6,8,10-12H2,1-4H3/q+1. The van der Waals surface area contributed by atoms with E-state index in [4.69, 9.17) is 0 Å². The Kier molecular flexibility index (Phi) is 7.88. The highest BCUT2D eigenvalue weighted by Crippen LogP contribution is 2.01. The minimum Gasteiger partial charge on any atom is -0.392 e. The molecule has 0 aromatic carbocycles. The fraction of sp³-hybridized carbons (Fsp3) is 0.800. The molecule has 0 aliphatic heterocycles. The molecule has 1 heterocycles. The summed E-state index contributed by atoms with van der Waals surface area (Å²) < 4.78 is 3.93. The van der Waals surface area contributed by atoms with Crippen LogP contribution in [0.5, 0.6) is 0 Å². The molecule has 0 bridgehead atoms. The van der Waals surface area contributed by atoms with Crippen molar-refractivity contribution in [3.8, 4) is 0 Å². The summed E-state index contributed by atoms with van der Waals surface area (Å²) in [6.45, 7) is 5.50. The monoisotopic (exact) mass is 299 g/mol. The summed E-state index contributed by atoms with van der Waals surface area (Å²) in [7, 11) is 6.03. The van der Waals surface area contributed by atoms with Gasteiger partial charge in [0.1, 0.15) is 25.0 Å². The predicted molar refractivity (Wildman–Crippen MR) is 82.9 cm³/mol. The van der Waals surface area contributed by atoms with Crippen LogP contribution in [0.4, 0.5) is 0 Å². The molecule has 6 heteroatoms. The molecule has 122 valence electrons. The number of rotatable bonds is 10. The quantitative estimate of drug-likeness (QED) is 0.562. The van der Waals surface area contributed by atoms with E-state index in [1.807, 2.05) is 55.9 Å². The zero-order valence-corrected chi connectivity index (χ0v) is 13.8. The van der Waals surface area contributed by atoms with Gasteiger partial charge in [0.15, 0.2) is 0 Å². The minimum absolute atomic E-state index is 0.330. The Bertz CT molecular complexity index is 395. The highest BCUT2D eigenvalue weighted by atomic mass is 16.3. The van der Waals surface area contributed by atoms with E-state index in [2.05, 4.69) is 9.80 Å². The van der Waals surface area contributed by atoms with Crippen molar-refractivity contribution in [3.63, 3.8) is 0 Å². The smallest absolute Gasteiger partial charge is 0.243 e. The Labute approximate surface area is 128 Å². The van der Waals surface area contributed by atoms with Gasteiger partial charge < -0.3 is 15.1 Å². The van der Waals surface area contributed by atoms with Gasteiger partial charge in [0.2, 0.25) is 6.33 Å². The lowest BCUT2D eigenvalue weighted by atomic mass is 10.2. The molecule has 2 unspecified atom stereocenters. The van der Waals surface area contributed by atoms with Crippen LogP contribution in [0.2, 0.25) is 0 Å². The molecule has 0 saturated carbocycles. The molecule has 1 aromatic heterocycles. The van der Waals surface area contributed by atoms with E-state index < -0.39 is 6.10 Å². The molecule has 0 fully saturated rings. The van der Waals surface area contributed by atoms with Gasteiger partial charge in [0.05, 0.1) is 13.2 Å². The van der Waals surface area contributed by atoms with Crippen molar-refractivity contribution in [3.05, 3.63) is 18.7 Å². The highest BCUT2D eigenvalue weighted by Gasteiger charge is 2.17. The van der Waals surface area contributed by atoms with E-state index in [-0.39, 0.29) is 6.10 Å². The molecular formula is C15H31N4O2+. The fourth-order valence-electron chi connectivity index (χ4n) is 2.23. The van der Waals surface area contributed by atoms with Crippen molar-refractivity contribution in [1.82, 2.24) is 14.4 Å². The maximum atomic E-state index is 10.3. The van der Waals surface area contributed by atoms with Crippen molar-refractivity contribution in [2.75, 3.05) is 40.3 Å². The molecule has 1 aromatic rings. The lowest BCUT2D eigenvalue weighted by molar-refractivity contribution is -0.671. The van der Waals surface area contributed by atoms with E-state index in [1.165, 1.54) is 0 Å². The van der Waals surface area contributed by atoms with Crippen molar-refractivity contribution in [2.24, 2.45) is 7.05 Å². The van der Waals surface area contributed by atoms with Crippen molar-refractivity contribution >= 4 is 0 Å². The Morgan fingerprint density at radius 1 is 1.14 bits per heavy atom. The van der Waals surface area contributed by atoms with Crippen LogP contribution in [0.25, 0.3) is 0 Å². The van der Waals surface area contributed by atoms with Crippen LogP contribution in [-0.2, 0) is 13.6 Å². The molecule has 0 radical (unpaired) electrons. The van der Waals surface area contributed by atoms with Gasteiger partial charge in [-0.2, -0.15) is 0 Å². The Morgan fingerprint density at radius 2 is 1.81 bits per heavy atom. The van der Waals surface area contributed by atoms with Crippen LogP contribution in [0, 0.1) is 0 Å². The van der Waals surface area contributed by atoms with E-state index in [0.29, 0.717) is 19.6 Å². The first kappa shape index (κ1) is 18.1. The zero-order chi connectivity index (χ0) is 15.8. The first-order chi connectivity index (χ1) is 9.90. The van der Waals surface area contributed by atoms with Gasteiger partial charge in [0.25, 0.3) is 0 Å². The zero-order valence-electron chi connectivity index (χ0n) is 13.8. The van der Waals surface area contributed by atoms with E-state index in [9.17, 15) is 10.2 Å². The number of imidazole rings is 1. The number of hydrogen-bond acceptors (Lipinski definition) is 4. The number of aliphatic hydroxyl groups is 2. The lowest BCUT2D eigenvalue weighted by Crippen LogP contribution is -2.42. The van der Waals surface area contributed by atoms with Gasteiger partial charge in [-0.15, -0.1) is 0 Å². The van der Waals surface area contributed by atoms with Gasteiger partial charge in [0, 0.05) is 26.2 Å². The van der Waals surface area contributed by atoms with Crippen LogP contribution < -0.4 is 4.57 Å². The molecule has 0 spiro atoms. The fourth-order valence-corrected chi connectivity index (χ4v) is 2.23. The summed E-state index contributed by atoms with van der Waals surface area (Å²) in [5.41, 5.74) is 0. The maximum absolute atomic E-state index is 10.3. The SMILES string of the molecule is CCC(O)CN(CCN(C)C)CC(O)Cn1cc[n+](C)c1. The van der Waals surface area contributed by atoms with Crippen LogP contribution in [0.3, 0.4) is 0 Å². The molecule has 1 rings (SSSR count). The molecule has 2 atom stereocenters. The third-order valence-electron chi connectivity index (χ3n) is 3.52. The average Bonchev–Trinajstić information content (AvgIpc) is 2.80. The Morgan fingerprint density at radius 3 is 2.33 bits per heavy atom. The number of likely N-dealkylation sites (N-methyl/N-ethyl adjacent to an activating group) is 1. The minimum atomic E-state index is -0.441. The molecule has 0 aliphatic rings. The second kappa shape index (κ2) is 9.15. The molecule has 21 heavy (non-hydrogen) atoms. The van der Waals surface area contributed by atoms with Gasteiger partial charge in [-0.1, -0.05) is 6.92 Å².